The second kappa shape index (κ2) is 9.74. The molecule has 0 heterocycles. The van der Waals surface area contributed by atoms with Gasteiger partial charge in [0.2, 0.25) is 0 Å². The maximum Gasteiger partial charge on any atom is 0.191 e. The molecule has 0 unspecified atom stereocenters. The first-order chi connectivity index (χ1) is 12.1. The summed E-state index contributed by atoms with van der Waals surface area (Å²) < 4.78 is 13.1. The average molecular weight is 358 g/mol. The third kappa shape index (κ3) is 6.15. The van der Waals surface area contributed by atoms with Gasteiger partial charge in [-0.2, -0.15) is 5.10 Å². The summed E-state index contributed by atoms with van der Waals surface area (Å²) in [5, 5.41) is 7.28. The van der Waals surface area contributed by atoms with Gasteiger partial charge in [-0.15, -0.1) is 0 Å². The fourth-order valence-corrected chi connectivity index (χ4v) is 2.57. The molecule has 0 amide bonds. The predicted octanol–water partition coefficient (Wildman–Crippen LogP) is 4.38. The van der Waals surface area contributed by atoms with Crippen LogP contribution >= 0.6 is 12.2 Å². The summed E-state index contributed by atoms with van der Waals surface area (Å²) in [6.45, 7) is 6.37. The van der Waals surface area contributed by atoms with Gasteiger partial charge in [-0.05, 0) is 61.5 Å². The summed E-state index contributed by atoms with van der Waals surface area (Å²) in [5.74, 6) is -0.319. The molecule has 0 aliphatic heterocycles. The Morgan fingerprint density at radius 3 is 2.60 bits per heavy atom. The molecule has 6 heteroatoms. The predicted molar refractivity (Wildman–Crippen MR) is 108 cm³/mol. The van der Waals surface area contributed by atoms with Gasteiger partial charge >= 0.3 is 0 Å². The van der Waals surface area contributed by atoms with E-state index in [1.807, 2.05) is 12.1 Å². The molecule has 0 radical (unpaired) electrons. The molecule has 2 aromatic carbocycles. The highest BCUT2D eigenvalue weighted by atomic mass is 32.1. The summed E-state index contributed by atoms with van der Waals surface area (Å²) in [7, 11) is 0. The molecule has 0 spiro atoms. The van der Waals surface area contributed by atoms with Crippen molar-refractivity contribution in [1.29, 1.82) is 0 Å². The van der Waals surface area contributed by atoms with E-state index in [2.05, 4.69) is 46.7 Å². The number of nitrogens with zero attached hydrogens (tertiary/aromatic N) is 2. The van der Waals surface area contributed by atoms with Gasteiger partial charge in [0.1, 0.15) is 5.82 Å². The quantitative estimate of drug-likeness (QED) is 0.438. The summed E-state index contributed by atoms with van der Waals surface area (Å²) in [6.07, 6.45) is 2.82. The first-order valence-electron chi connectivity index (χ1n) is 8.33. The highest BCUT2D eigenvalue weighted by Gasteiger charge is 2.02. The van der Waals surface area contributed by atoms with Crippen molar-refractivity contribution < 1.29 is 4.39 Å². The first-order valence-corrected chi connectivity index (χ1v) is 8.73. The van der Waals surface area contributed by atoms with Crippen LogP contribution in [0, 0.1) is 5.82 Å². The van der Waals surface area contributed by atoms with Gasteiger partial charge in [-0.3, -0.25) is 5.43 Å². The molecule has 0 atom stereocenters. The number of hydrogen-bond acceptors (Lipinski definition) is 3. The molecule has 0 aliphatic rings. The highest BCUT2D eigenvalue weighted by Crippen LogP contribution is 2.14. The van der Waals surface area contributed by atoms with Gasteiger partial charge in [0, 0.05) is 24.5 Å². The van der Waals surface area contributed by atoms with E-state index in [0.29, 0.717) is 10.8 Å². The van der Waals surface area contributed by atoms with E-state index in [4.69, 9.17) is 12.2 Å². The minimum atomic E-state index is -0.319. The van der Waals surface area contributed by atoms with Crippen LogP contribution in [0.3, 0.4) is 0 Å². The van der Waals surface area contributed by atoms with E-state index in [1.165, 1.54) is 17.8 Å². The zero-order valence-corrected chi connectivity index (χ0v) is 15.3. The fourth-order valence-electron chi connectivity index (χ4n) is 2.40. The maximum atomic E-state index is 13.1. The molecule has 2 N–H and O–H groups in total. The molecule has 2 aromatic rings. The van der Waals surface area contributed by atoms with Crippen molar-refractivity contribution in [3.8, 4) is 0 Å². The van der Waals surface area contributed by atoms with E-state index in [9.17, 15) is 4.39 Å². The number of benzene rings is 2. The van der Waals surface area contributed by atoms with Crippen molar-refractivity contribution >= 4 is 34.9 Å². The van der Waals surface area contributed by atoms with Crippen LogP contribution in [0.4, 0.5) is 15.8 Å². The molecule has 0 fully saturated rings. The Morgan fingerprint density at radius 2 is 1.96 bits per heavy atom. The van der Waals surface area contributed by atoms with Gasteiger partial charge in [0.05, 0.1) is 6.21 Å². The van der Waals surface area contributed by atoms with Crippen LogP contribution < -0.4 is 15.6 Å². The Balaban J connectivity index is 1.88. The van der Waals surface area contributed by atoms with Crippen LogP contribution in [-0.4, -0.2) is 24.4 Å². The lowest BCUT2D eigenvalue weighted by molar-refractivity contribution is 0.628. The lowest BCUT2D eigenvalue weighted by atomic mass is 10.2. The van der Waals surface area contributed by atoms with Crippen LogP contribution in [-0.2, 0) is 0 Å². The van der Waals surface area contributed by atoms with Crippen molar-refractivity contribution in [3.05, 3.63) is 59.9 Å². The van der Waals surface area contributed by atoms with Crippen LogP contribution in [0.25, 0.3) is 0 Å². The smallest absolute Gasteiger partial charge is 0.191 e. The van der Waals surface area contributed by atoms with Crippen molar-refractivity contribution in [2.75, 3.05) is 23.3 Å². The van der Waals surface area contributed by atoms with Crippen LogP contribution in [0.1, 0.15) is 25.8 Å². The summed E-state index contributed by atoms with van der Waals surface area (Å²) in [6, 6.07) is 14.3. The lowest BCUT2D eigenvalue weighted by Crippen LogP contribution is -2.24. The van der Waals surface area contributed by atoms with Crippen molar-refractivity contribution in [2.45, 2.75) is 20.3 Å². The fraction of sp³-hybridized carbons (Fsp3) is 0.263. The van der Waals surface area contributed by atoms with Gasteiger partial charge < -0.3 is 10.2 Å². The maximum absolute atomic E-state index is 13.1. The number of hydrogen-bond donors (Lipinski definition) is 2. The second-order valence-corrected chi connectivity index (χ2v) is 5.91. The molecule has 0 bridgehead atoms. The van der Waals surface area contributed by atoms with Crippen molar-refractivity contribution in [1.82, 2.24) is 5.43 Å². The Labute approximate surface area is 153 Å². The van der Waals surface area contributed by atoms with Gasteiger partial charge in [0.15, 0.2) is 5.11 Å². The largest absolute Gasteiger partial charge is 0.372 e. The molecule has 0 aliphatic carbocycles. The van der Waals surface area contributed by atoms with E-state index < -0.39 is 0 Å². The van der Waals surface area contributed by atoms with E-state index in [1.54, 1.807) is 18.3 Å². The molecular formula is C19H23FN4S. The minimum absolute atomic E-state index is 0.304. The summed E-state index contributed by atoms with van der Waals surface area (Å²) >= 11 is 5.13. The first kappa shape index (κ1) is 18.9. The Morgan fingerprint density at radius 1 is 1.20 bits per heavy atom. The number of thiocarbonyl (C=S) groups is 1. The normalized spacial score (nSPS) is 10.7. The molecule has 0 saturated heterocycles. The molecular weight excluding hydrogens is 335 g/mol. The van der Waals surface area contributed by atoms with Gasteiger partial charge in [-0.25, -0.2) is 4.39 Å². The van der Waals surface area contributed by atoms with Crippen molar-refractivity contribution in [2.24, 2.45) is 5.10 Å². The SMILES string of the molecule is CCCN(CC)c1ccc(/C=N/NC(=S)Nc2cccc(F)c2)cc1. The van der Waals surface area contributed by atoms with Crippen LogP contribution in [0.5, 0.6) is 0 Å². The zero-order chi connectivity index (χ0) is 18.1. The zero-order valence-electron chi connectivity index (χ0n) is 14.5. The summed E-state index contributed by atoms with van der Waals surface area (Å²) in [5.41, 5.74) is 5.48. The van der Waals surface area contributed by atoms with E-state index in [0.717, 1.165) is 25.1 Å². The second-order valence-electron chi connectivity index (χ2n) is 5.51. The molecule has 4 nitrogen and oxygen atoms in total. The monoisotopic (exact) mass is 358 g/mol. The number of hydrazone groups is 1. The molecule has 2 rings (SSSR count). The topological polar surface area (TPSA) is 39.7 Å². The number of rotatable bonds is 7. The number of anilines is 2. The van der Waals surface area contributed by atoms with E-state index in [-0.39, 0.29) is 5.82 Å². The molecule has 0 saturated carbocycles. The average Bonchev–Trinajstić information content (AvgIpc) is 2.60. The highest BCUT2D eigenvalue weighted by molar-refractivity contribution is 7.80. The third-order valence-corrected chi connectivity index (χ3v) is 3.79. The number of nitrogens with one attached hydrogen (secondary N) is 2. The molecule has 25 heavy (non-hydrogen) atoms. The van der Waals surface area contributed by atoms with Crippen LogP contribution in [0.2, 0.25) is 0 Å². The van der Waals surface area contributed by atoms with Crippen LogP contribution in [0.15, 0.2) is 53.6 Å². The minimum Gasteiger partial charge on any atom is -0.372 e. The van der Waals surface area contributed by atoms with Gasteiger partial charge in [0.25, 0.3) is 0 Å². The summed E-state index contributed by atoms with van der Waals surface area (Å²) in [4.78, 5) is 2.33. The van der Waals surface area contributed by atoms with E-state index >= 15 is 0 Å². The Bertz CT molecular complexity index is 716. The third-order valence-electron chi connectivity index (χ3n) is 3.60. The Hall–Kier alpha value is -2.47. The standard InChI is InChI=1S/C19H23FN4S/c1-3-12-24(4-2)18-10-8-15(9-11-18)14-21-23-19(25)22-17-7-5-6-16(20)13-17/h5-11,13-14H,3-4,12H2,1-2H3,(H2,22,23,25)/b21-14+. The molecule has 0 aromatic heterocycles. The lowest BCUT2D eigenvalue weighted by Gasteiger charge is -2.22. The Kier molecular flexibility index (Phi) is 7.35. The van der Waals surface area contributed by atoms with Crippen molar-refractivity contribution in [3.63, 3.8) is 0 Å². The van der Waals surface area contributed by atoms with Gasteiger partial charge in [-0.1, -0.05) is 25.1 Å². The molecule has 132 valence electrons. The number of halogens is 1.